The number of hydrogen-bond donors (Lipinski definition) is 1. The van der Waals surface area contributed by atoms with E-state index in [0.29, 0.717) is 18.9 Å². The maximum absolute atomic E-state index is 11.8. The average molecular weight is 249 g/mol. The monoisotopic (exact) mass is 249 g/mol. The lowest BCUT2D eigenvalue weighted by molar-refractivity contribution is -0.116. The molecule has 18 heavy (non-hydrogen) atoms. The maximum atomic E-state index is 11.8. The van der Waals surface area contributed by atoms with Crippen LogP contribution in [0.25, 0.3) is 0 Å². The summed E-state index contributed by atoms with van der Waals surface area (Å²) in [7, 11) is 0. The third-order valence-electron chi connectivity index (χ3n) is 2.57. The molecule has 0 fully saturated rings. The van der Waals surface area contributed by atoms with Crippen molar-refractivity contribution in [1.29, 1.82) is 0 Å². The summed E-state index contributed by atoms with van der Waals surface area (Å²) in [6.07, 6.45) is 2.42. The van der Waals surface area contributed by atoms with E-state index in [9.17, 15) is 4.79 Å². The van der Waals surface area contributed by atoms with Gasteiger partial charge in [-0.2, -0.15) is 0 Å². The number of anilines is 1. The zero-order chi connectivity index (χ0) is 13.4. The maximum Gasteiger partial charge on any atom is 0.224 e. The van der Waals surface area contributed by atoms with Crippen molar-refractivity contribution in [1.82, 2.24) is 0 Å². The van der Waals surface area contributed by atoms with Crippen LogP contribution in [0.1, 0.15) is 40.0 Å². The molecule has 0 aliphatic rings. The second-order valence-electron chi connectivity index (χ2n) is 4.83. The fraction of sp³-hybridized carbons (Fsp3) is 0.533. The highest BCUT2D eigenvalue weighted by Crippen LogP contribution is 2.24. The van der Waals surface area contributed by atoms with Crippen molar-refractivity contribution >= 4 is 11.6 Å². The van der Waals surface area contributed by atoms with Crippen molar-refractivity contribution in [2.24, 2.45) is 5.92 Å². The van der Waals surface area contributed by atoms with Gasteiger partial charge in [0.05, 0.1) is 12.3 Å². The molecule has 1 amide bonds. The van der Waals surface area contributed by atoms with E-state index < -0.39 is 0 Å². The summed E-state index contributed by atoms with van der Waals surface area (Å²) in [5, 5.41) is 2.91. The molecule has 0 aliphatic heterocycles. The molecule has 3 heteroatoms. The Hall–Kier alpha value is -1.51. The summed E-state index contributed by atoms with van der Waals surface area (Å²) < 4.78 is 5.60. The Kier molecular flexibility index (Phi) is 6.26. The van der Waals surface area contributed by atoms with Crippen molar-refractivity contribution in [2.45, 2.75) is 40.0 Å². The van der Waals surface area contributed by atoms with Gasteiger partial charge in [0.15, 0.2) is 0 Å². The Morgan fingerprint density at radius 2 is 2.06 bits per heavy atom. The highest BCUT2D eigenvalue weighted by molar-refractivity contribution is 5.92. The standard InChI is InChI=1S/C15H23NO2/c1-4-11-18-14-8-6-5-7-13(14)16-15(17)10-9-12(2)3/h5-8,12H,4,9-11H2,1-3H3,(H,16,17). The lowest BCUT2D eigenvalue weighted by Crippen LogP contribution is -2.13. The molecule has 0 heterocycles. The van der Waals surface area contributed by atoms with Gasteiger partial charge in [-0.1, -0.05) is 32.9 Å². The number of nitrogens with one attached hydrogen (secondary N) is 1. The van der Waals surface area contributed by atoms with Crippen LogP contribution in [0.5, 0.6) is 5.75 Å². The molecule has 0 radical (unpaired) electrons. The lowest BCUT2D eigenvalue weighted by Gasteiger charge is -2.12. The lowest BCUT2D eigenvalue weighted by atomic mass is 10.1. The Morgan fingerprint density at radius 3 is 2.72 bits per heavy atom. The van der Waals surface area contributed by atoms with Gasteiger partial charge in [-0.15, -0.1) is 0 Å². The summed E-state index contributed by atoms with van der Waals surface area (Å²) in [6, 6.07) is 7.57. The van der Waals surface area contributed by atoms with Gasteiger partial charge in [-0.3, -0.25) is 4.79 Å². The number of rotatable bonds is 7. The van der Waals surface area contributed by atoms with Crippen LogP contribution in [0.4, 0.5) is 5.69 Å². The molecule has 1 aromatic rings. The first kappa shape index (κ1) is 14.6. The molecule has 0 saturated heterocycles. The third kappa shape index (κ3) is 5.21. The van der Waals surface area contributed by atoms with Gasteiger partial charge >= 0.3 is 0 Å². The first-order valence-electron chi connectivity index (χ1n) is 6.65. The molecule has 0 spiro atoms. The minimum Gasteiger partial charge on any atom is -0.491 e. The van der Waals surface area contributed by atoms with Crippen molar-refractivity contribution in [2.75, 3.05) is 11.9 Å². The van der Waals surface area contributed by atoms with E-state index in [1.807, 2.05) is 24.3 Å². The second-order valence-corrected chi connectivity index (χ2v) is 4.83. The quantitative estimate of drug-likeness (QED) is 0.797. The van der Waals surface area contributed by atoms with Gasteiger partial charge in [-0.25, -0.2) is 0 Å². The average Bonchev–Trinajstić information content (AvgIpc) is 2.35. The molecule has 0 aliphatic carbocycles. The normalized spacial score (nSPS) is 10.4. The first-order chi connectivity index (χ1) is 8.63. The fourth-order valence-electron chi connectivity index (χ4n) is 1.54. The summed E-state index contributed by atoms with van der Waals surface area (Å²) >= 11 is 0. The number of benzene rings is 1. The van der Waals surface area contributed by atoms with Crippen molar-refractivity contribution in [3.8, 4) is 5.75 Å². The van der Waals surface area contributed by atoms with Crippen molar-refractivity contribution < 1.29 is 9.53 Å². The minimum absolute atomic E-state index is 0.0521. The van der Waals surface area contributed by atoms with E-state index in [2.05, 4.69) is 26.1 Å². The molecule has 0 bridgehead atoms. The topological polar surface area (TPSA) is 38.3 Å². The molecule has 0 saturated carbocycles. The van der Waals surface area contributed by atoms with Crippen LogP contribution in [0.15, 0.2) is 24.3 Å². The summed E-state index contributed by atoms with van der Waals surface area (Å²) in [5.41, 5.74) is 0.764. The Morgan fingerprint density at radius 1 is 1.33 bits per heavy atom. The van der Waals surface area contributed by atoms with Gasteiger partial charge in [0.1, 0.15) is 5.75 Å². The molecule has 0 aromatic heterocycles. The van der Waals surface area contributed by atoms with E-state index in [1.165, 1.54) is 0 Å². The molecular weight excluding hydrogens is 226 g/mol. The van der Waals surface area contributed by atoms with Crippen LogP contribution in [-0.2, 0) is 4.79 Å². The van der Waals surface area contributed by atoms with E-state index >= 15 is 0 Å². The smallest absolute Gasteiger partial charge is 0.224 e. The van der Waals surface area contributed by atoms with E-state index in [4.69, 9.17) is 4.74 Å². The molecule has 1 rings (SSSR count). The van der Waals surface area contributed by atoms with Crippen molar-refractivity contribution in [3.05, 3.63) is 24.3 Å². The second kappa shape index (κ2) is 7.75. The van der Waals surface area contributed by atoms with Gasteiger partial charge in [0.2, 0.25) is 5.91 Å². The molecule has 1 aromatic carbocycles. The number of carbonyl (C=O) groups is 1. The first-order valence-corrected chi connectivity index (χ1v) is 6.65. The van der Waals surface area contributed by atoms with Gasteiger partial charge in [-0.05, 0) is 30.9 Å². The largest absolute Gasteiger partial charge is 0.491 e. The van der Waals surface area contributed by atoms with Gasteiger partial charge < -0.3 is 10.1 Å². The SMILES string of the molecule is CCCOc1ccccc1NC(=O)CCC(C)C. The zero-order valence-electron chi connectivity index (χ0n) is 11.5. The molecule has 1 N–H and O–H groups in total. The predicted molar refractivity (Wildman–Crippen MR) is 74.9 cm³/mol. The van der Waals surface area contributed by atoms with Crippen LogP contribution in [-0.4, -0.2) is 12.5 Å². The number of carbonyl (C=O) groups excluding carboxylic acids is 1. The summed E-state index contributed by atoms with van der Waals surface area (Å²) in [4.78, 5) is 11.8. The molecule has 0 atom stereocenters. The minimum atomic E-state index is 0.0521. The van der Waals surface area contributed by atoms with E-state index in [1.54, 1.807) is 0 Å². The molecular formula is C15H23NO2. The highest BCUT2D eigenvalue weighted by Gasteiger charge is 2.07. The number of amides is 1. The number of para-hydroxylation sites is 2. The fourth-order valence-corrected chi connectivity index (χ4v) is 1.54. The van der Waals surface area contributed by atoms with Crippen LogP contribution in [0.3, 0.4) is 0 Å². The summed E-state index contributed by atoms with van der Waals surface area (Å²) in [5.74, 6) is 1.34. The molecule has 3 nitrogen and oxygen atoms in total. The Labute approximate surface area is 110 Å². The van der Waals surface area contributed by atoms with E-state index in [-0.39, 0.29) is 5.91 Å². The van der Waals surface area contributed by atoms with Gasteiger partial charge in [0, 0.05) is 6.42 Å². The Bertz CT molecular complexity index is 375. The van der Waals surface area contributed by atoms with Crippen molar-refractivity contribution in [3.63, 3.8) is 0 Å². The van der Waals surface area contributed by atoms with Crippen LogP contribution in [0, 0.1) is 5.92 Å². The summed E-state index contributed by atoms with van der Waals surface area (Å²) in [6.45, 7) is 6.96. The highest BCUT2D eigenvalue weighted by atomic mass is 16.5. The van der Waals surface area contributed by atoms with Crippen LogP contribution >= 0.6 is 0 Å². The van der Waals surface area contributed by atoms with E-state index in [0.717, 1.165) is 24.3 Å². The zero-order valence-corrected chi connectivity index (χ0v) is 11.5. The predicted octanol–water partition coefficient (Wildman–Crippen LogP) is 3.85. The molecule has 0 unspecified atom stereocenters. The van der Waals surface area contributed by atoms with Crippen LogP contribution < -0.4 is 10.1 Å². The number of hydrogen-bond acceptors (Lipinski definition) is 2. The molecule has 100 valence electrons. The Balaban J connectivity index is 2.57. The third-order valence-corrected chi connectivity index (χ3v) is 2.57. The number of ether oxygens (including phenoxy) is 1. The van der Waals surface area contributed by atoms with Gasteiger partial charge in [0.25, 0.3) is 0 Å². The van der Waals surface area contributed by atoms with Crippen LogP contribution in [0.2, 0.25) is 0 Å².